The van der Waals surface area contributed by atoms with Crippen LogP contribution in [0.3, 0.4) is 0 Å². The fourth-order valence-electron chi connectivity index (χ4n) is 2.96. The second-order valence-electron chi connectivity index (χ2n) is 6.66. The summed E-state index contributed by atoms with van der Waals surface area (Å²) < 4.78 is 26.3. The van der Waals surface area contributed by atoms with Crippen LogP contribution in [0.25, 0.3) is 12.2 Å². The summed E-state index contributed by atoms with van der Waals surface area (Å²) in [5.74, 6) is -0.231. The van der Waals surface area contributed by atoms with Crippen LogP contribution in [-0.2, 0) is 14.8 Å². The van der Waals surface area contributed by atoms with E-state index in [4.69, 9.17) is 0 Å². The number of amides is 1. The van der Waals surface area contributed by atoms with E-state index < -0.39 is 14.9 Å². The molecule has 1 heterocycles. The van der Waals surface area contributed by atoms with Gasteiger partial charge in [0.15, 0.2) is 0 Å². The molecule has 3 rings (SSSR count). The lowest BCUT2D eigenvalue weighted by molar-refractivity contribution is -0.384. The Labute approximate surface area is 174 Å². The molecule has 1 amide bonds. The number of nitro benzene ring substituents is 1. The van der Waals surface area contributed by atoms with Crippen molar-refractivity contribution in [2.24, 2.45) is 0 Å². The number of piperazine rings is 1. The third kappa shape index (κ3) is 5.62. The monoisotopic (exact) mass is 427 g/mol. The van der Waals surface area contributed by atoms with Crippen LogP contribution in [0.1, 0.15) is 11.1 Å². The largest absolute Gasteiger partial charge is 0.337 e. The minimum Gasteiger partial charge on any atom is -0.337 e. The van der Waals surface area contributed by atoms with Gasteiger partial charge in [0.25, 0.3) is 5.69 Å². The predicted molar refractivity (Wildman–Crippen MR) is 115 cm³/mol. The molecule has 8 nitrogen and oxygen atoms in total. The zero-order chi connectivity index (χ0) is 21.6. The van der Waals surface area contributed by atoms with Crippen molar-refractivity contribution >= 4 is 33.8 Å². The van der Waals surface area contributed by atoms with Crippen LogP contribution in [0.4, 0.5) is 5.69 Å². The standard InChI is InChI=1S/C21H21N3O5S/c25-21(11-8-19-6-9-20(10-7-19)24(26)27)22-13-15-23(16-14-22)30(28,29)17-12-18-4-2-1-3-5-18/h1-12,17H,13-16H2. The Morgan fingerprint density at radius 2 is 1.50 bits per heavy atom. The molecule has 2 aromatic carbocycles. The highest BCUT2D eigenvalue weighted by atomic mass is 32.2. The van der Waals surface area contributed by atoms with Crippen LogP contribution in [0.15, 0.2) is 66.1 Å². The number of hydrogen-bond acceptors (Lipinski definition) is 5. The quantitative estimate of drug-likeness (QED) is 0.401. The van der Waals surface area contributed by atoms with Crippen molar-refractivity contribution in [1.82, 2.24) is 9.21 Å². The van der Waals surface area contributed by atoms with Crippen molar-refractivity contribution < 1.29 is 18.1 Å². The van der Waals surface area contributed by atoms with Gasteiger partial charge in [-0.25, -0.2) is 8.42 Å². The Morgan fingerprint density at radius 1 is 0.900 bits per heavy atom. The summed E-state index contributed by atoms with van der Waals surface area (Å²) in [4.78, 5) is 24.1. The molecule has 9 heteroatoms. The summed E-state index contributed by atoms with van der Waals surface area (Å²) in [5.41, 5.74) is 1.45. The van der Waals surface area contributed by atoms with Gasteiger partial charge in [-0.15, -0.1) is 0 Å². The average molecular weight is 427 g/mol. The first-order valence-corrected chi connectivity index (χ1v) is 10.8. The molecule has 0 aliphatic carbocycles. The summed E-state index contributed by atoms with van der Waals surface area (Å²) in [6.45, 7) is 1.03. The van der Waals surface area contributed by atoms with E-state index >= 15 is 0 Å². The maximum Gasteiger partial charge on any atom is 0.269 e. The minimum atomic E-state index is -3.56. The van der Waals surface area contributed by atoms with Crippen molar-refractivity contribution in [3.63, 3.8) is 0 Å². The number of non-ortho nitro benzene ring substituents is 1. The van der Waals surface area contributed by atoms with Crippen LogP contribution in [0.5, 0.6) is 0 Å². The summed E-state index contributed by atoms with van der Waals surface area (Å²) in [5, 5.41) is 11.9. The van der Waals surface area contributed by atoms with Crippen LogP contribution >= 0.6 is 0 Å². The fraction of sp³-hybridized carbons (Fsp3) is 0.190. The third-order valence-electron chi connectivity index (χ3n) is 4.66. The summed E-state index contributed by atoms with van der Waals surface area (Å²) in [6.07, 6.45) is 4.53. The molecule has 1 aliphatic rings. The van der Waals surface area contributed by atoms with Gasteiger partial charge in [-0.3, -0.25) is 14.9 Å². The minimum absolute atomic E-state index is 0.0166. The Bertz CT molecular complexity index is 1060. The van der Waals surface area contributed by atoms with Gasteiger partial charge in [-0.1, -0.05) is 30.3 Å². The molecule has 156 valence electrons. The first kappa shape index (κ1) is 21.4. The predicted octanol–water partition coefficient (Wildman–Crippen LogP) is 2.75. The topological polar surface area (TPSA) is 101 Å². The van der Waals surface area contributed by atoms with Crippen molar-refractivity contribution in [2.75, 3.05) is 26.2 Å². The number of carbonyl (C=O) groups excluding carboxylic acids is 1. The maximum atomic E-state index is 12.5. The Hall–Kier alpha value is -3.30. The second kappa shape index (κ2) is 9.47. The molecule has 0 spiro atoms. The molecule has 1 saturated heterocycles. The molecule has 0 bridgehead atoms. The first-order valence-electron chi connectivity index (χ1n) is 9.30. The van der Waals surface area contributed by atoms with Crippen LogP contribution < -0.4 is 0 Å². The summed E-state index contributed by atoms with van der Waals surface area (Å²) in [6, 6.07) is 15.0. The highest BCUT2D eigenvalue weighted by Crippen LogP contribution is 2.14. The molecule has 1 fully saturated rings. The van der Waals surface area contributed by atoms with E-state index in [1.807, 2.05) is 30.3 Å². The van der Waals surface area contributed by atoms with Gasteiger partial charge in [0.05, 0.1) is 4.92 Å². The van der Waals surface area contributed by atoms with Crippen LogP contribution in [0.2, 0.25) is 0 Å². The van der Waals surface area contributed by atoms with E-state index in [2.05, 4.69) is 0 Å². The molecule has 2 aromatic rings. The highest BCUT2D eigenvalue weighted by Gasteiger charge is 2.26. The highest BCUT2D eigenvalue weighted by molar-refractivity contribution is 7.92. The maximum absolute atomic E-state index is 12.5. The lowest BCUT2D eigenvalue weighted by Gasteiger charge is -2.32. The van der Waals surface area contributed by atoms with Crippen molar-refractivity contribution in [3.8, 4) is 0 Å². The zero-order valence-electron chi connectivity index (χ0n) is 16.1. The molecule has 0 saturated carbocycles. The van der Waals surface area contributed by atoms with Gasteiger partial charge in [0.2, 0.25) is 15.9 Å². The van der Waals surface area contributed by atoms with E-state index in [1.165, 1.54) is 27.9 Å². The fourth-order valence-corrected chi connectivity index (χ4v) is 4.13. The van der Waals surface area contributed by atoms with E-state index in [9.17, 15) is 23.3 Å². The Kier molecular flexibility index (Phi) is 6.76. The van der Waals surface area contributed by atoms with E-state index in [0.29, 0.717) is 18.7 Å². The third-order valence-corrected chi connectivity index (χ3v) is 6.23. The number of carbonyl (C=O) groups is 1. The smallest absolute Gasteiger partial charge is 0.269 e. The van der Waals surface area contributed by atoms with Crippen molar-refractivity contribution in [2.45, 2.75) is 0 Å². The average Bonchev–Trinajstić information content (AvgIpc) is 2.77. The van der Waals surface area contributed by atoms with Gasteiger partial charge >= 0.3 is 0 Å². The molecular weight excluding hydrogens is 406 g/mol. The molecule has 30 heavy (non-hydrogen) atoms. The first-order chi connectivity index (χ1) is 14.3. The van der Waals surface area contributed by atoms with Gasteiger partial charge in [-0.2, -0.15) is 4.31 Å². The molecule has 0 radical (unpaired) electrons. The number of nitrogens with zero attached hydrogens (tertiary/aromatic N) is 3. The SMILES string of the molecule is O=C(C=Cc1ccc([N+](=O)[O-])cc1)N1CCN(S(=O)(=O)C=Cc2ccccc2)CC1. The lowest BCUT2D eigenvalue weighted by Crippen LogP contribution is -2.49. The molecule has 1 aliphatic heterocycles. The van der Waals surface area contributed by atoms with Crippen LogP contribution in [0, 0.1) is 10.1 Å². The Morgan fingerprint density at radius 3 is 2.10 bits per heavy atom. The number of hydrogen-bond donors (Lipinski definition) is 0. The number of benzene rings is 2. The van der Waals surface area contributed by atoms with Gasteiger partial charge < -0.3 is 4.90 Å². The number of rotatable bonds is 6. The molecule has 0 aromatic heterocycles. The van der Waals surface area contributed by atoms with E-state index in [-0.39, 0.29) is 24.7 Å². The normalized spacial score (nSPS) is 15.7. The Balaban J connectivity index is 1.54. The van der Waals surface area contributed by atoms with Gasteiger partial charge in [0, 0.05) is 49.8 Å². The van der Waals surface area contributed by atoms with Gasteiger partial charge in [0.1, 0.15) is 0 Å². The second-order valence-corrected chi connectivity index (χ2v) is 8.48. The number of sulfonamides is 1. The number of nitro groups is 1. The van der Waals surface area contributed by atoms with Crippen LogP contribution in [-0.4, -0.2) is 54.6 Å². The molecule has 0 N–H and O–H groups in total. The molecular formula is C21H21N3O5S. The van der Waals surface area contributed by atoms with E-state index in [0.717, 1.165) is 5.56 Å². The summed E-state index contributed by atoms with van der Waals surface area (Å²) in [7, 11) is -3.56. The van der Waals surface area contributed by atoms with E-state index in [1.54, 1.807) is 29.2 Å². The molecule has 0 unspecified atom stereocenters. The molecule has 0 atom stereocenters. The van der Waals surface area contributed by atoms with Crippen molar-refractivity contribution in [3.05, 3.63) is 87.3 Å². The zero-order valence-corrected chi connectivity index (χ0v) is 16.9. The lowest BCUT2D eigenvalue weighted by atomic mass is 10.2. The van der Waals surface area contributed by atoms with Gasteiger partial charge in [-0.05, 0) is 35.4 Å². The summed E-state index contributed by atoms with van der Waals surface area (Å²) >= 11 is 0. The van der Waals surface area contributed by atoms with Crippen molar-refractivity contribution in [1.29, 1.82) is 0 Å².